The number of H-pyrrole nitrogens is 1. The highest BCUT2D eigenvalue weighted by molar-refractivity contribution is 6.33. The molecule has 1 aromatic heterocycles. The van der Waals surface area contributed by atoms with E-state index in [0.717, 1.165) is 24.8 Å². The van der Waals surface area contributed by atoms with Crippen molar-refractivity contribution in [3.05, 3.63) is 41.0 Å². The van der Waals surface area contributed by atoms with Gasteiger partial charge in [0.25, 0.3) is 5.91 Å². The number of aliphatic carboxylic acids is 1. The molecule has 0 radical (unpaired) electrons. The SMILES string of the molecule is O=C(O)CCCCCCNC(=O)c1cc(-c2ccccc2Cl)n[nH]1. The number of carbonyl (C=O) groups excluding carboxylic acids is 1. The Balaban J connectivity index is 1.76. The largest absolute Gasteiger partial charge is 0.481 e. The molecule has 1 heterocycles. The molecule has 7 heteroatoms. The number of carboxylic acids is 1. The zero-order valence-electron chi connectivity index (χ0n) is 13.2. The fourth-order valence-electron chi connectivity index (χ4n) is 2.30. The normalized spacial score (nSPS) is 10.5. The highest BCUT2D eigenvalue weighted by Gasteiger charge is 2.12. The van der Waals surface area contributed by atoms with E-state index in [4.69, 9.17) is 16.7 Å². The molecule has 1 amide bonds. The van der Waals surface area contributed by atoms with Crippen LogP contribution in [-0.4, -0.2) is 33.7 Å². The predicted octanol–water partition coefficient (Wildman–Crippen LogP) is 3.50. The maximum atomic E-state index is 12.1. The van der Waals surface area contributed by atoms with Crippen molar-refractivity contribution in [3.8, 4) is 11.3 Å². The number of nitrogens with zero attached hydrogens (tertiary/aromatic N) is 1. The first kappa shape index (κ1) is 18.0. The number of rotatable bonds is 9. The highest BCUT2D eigenvalue weighted by Crippen LogP contribution is 2.26. The average molecular weight is 350 g/mol. The Labute approximate surface area is 145 Å². The second-order valence-electron chi connectivity index (χ2n) is 5.46. The van der Waals surface area contributed by atoms with E-state index in [1.807, 2.05) is 18.2 Å². The molecule has 128 valence electrons. The number of hydrogen-bond donors (Lipinski definition) is 3. The van der Waals surface area contributed by atoms with Crippen molar-refractivity contribution in [1.82, 2.24) is 15.5 Å². The zero-order chi connectivity index (χ0) is 17.4. The number of unbranched alkanes of at least 4 members (excludes halogenated alkanes) is 3. The number of nitrogens with one attached hydrogen (secondary N) is 2. The summed E-state index contributed by atoms with van der Waals surface area (Å²) in [6, 6.07) is 8.99. The number of halogens is 1. The van der Waals surface area contributed by atoms with Crippen LogP contribution >= 0.6 is 11.6 Å². The molecule has 0 aliphatic rings. The van der Waals surface area contributed by atoms with Gasteiger partial charge < -0.3 is 10.4 Å². The van der Waals surface area contributed by atoms with E-state index in [2.05, 4.69) is 15.5 Å². The summed E-state index contributed by atoms with van der Waals surface area (Å²) in [6.45, 7) is 0.548. The molecule has 0 saturated carbocycles. The van der Waals surface area contributed by atoms with Gasteiger partial charge in [-0.2, -0.15) is 5.10 Å². The van der Waals surface area contributed by atoms with Gasteiger partial charge in [0.15, 0.2) is 0 Å². The second kappa shape index (κ2) is 9.08. The van der Waals surface area contributed by atoms with Crippen LogP contribution < -0.4 is 5.32 Å². The Hall–Kier alpha value is -2.34. The summed E-state index contributed by atoms with van der Waals surface area (Å²) in [6.07, 6.45) is 3.43. The molecule has 0 saturated heterocycles. The van der Waals surface area contributed by atoms with Gasteiger partial charge in [0, 0.05) is 18.5 Å². The lowest BCUT2D eigenvalue weighted by Crippen LogP contribution is -2.24. The first-order valence-corrected chi connectivity index (χ1v) is 8.26. The third-order valence-electron chi connectivity index (χ3n) is 3.58. The number of aromatic amines is 1. The molecule has 0 spiro atoms. The van der Waals surface area contributed by atoms with Gasteiger partial charge in [0.1, 0.15) is 5.69 Å². The minimum Gasteiger partial charge on any atom is -0.481 e. The van der Waals surface area contributed by atoms with Crippen molar-refractivity contribution in [2.75, 3.05) is 6.54 Å². The van der Waals surface area contributed by atoms with Gasteiger partial charge in [-0.05, 0) is 25.0 Å². The fraction of sp³-hybridized carbons (Fsp3) is 0.353. The van der Waals surface area contributed by atoms with Crippen LogP contribution in [0.2, 0.25) is 5.02 Å². The van der Waals surface area contributed by atoms with Gasteiger partial charge in [-0.3, -0.25) is 14.7 Å². The Morgan fingerprint density at radius 1 is 1.17 bits per heavy atom. The van der Waals surface area contributed by atoms with Gasteiger partial charge in [-0.1, -0.05) is 42.6 Å². The maximum Gasteiger partial charge on any atom is 0.303 e. The van der Waals surface area contributed by atoms with Crippen LogP contribution in [-0.2, 0) is 4.79 Å². The van der Waals surface area contributed by atoms with Crippen molar-refractivity contribution in [2.45, 2.75) is 32.1 Å². The molecule has 0 atom stereocenters. The van der Waals surface area contributed by atoms with E-state index in [1.165, 1.54) is 0 Å². The Kier molecular flexibility index (Phi) is 6.81. The lowest BCUT2D eigenvalue weighted by molar-refractivity contribution is -0.137. The molecular formula is C17H20ClN3O3. The van der Waals surface area contributed by atoms with Crippen molar-refractivity contribution in [1.29, 1.82) is 0 Å². The van der Waals surface area contributed by atoms with Crippen LogP contribution in [0, 0.1) is 0 Å². The summed E-state index contributed by atoms with van der Waals surface area (Å²) in [5, 5.41) is 18.8. The van der Waals surface area contributed by atoms with Crippen LogP contribution in [0.3, 0.4) is 0 Å². The van der Waals surface area contributed by atoms with Gasteiger partial charge in [-0.25, -0.2) is 0 Å². The third kappa shape index (κ3) is 5.38. The third-order valence-corrected chi connectivity index (χ3v) is 3.90. The van der Waals surface area contributed by atoms with E-state index in [0.29, 0.717) is 29.4 Å². The molecule has 6 nitrogen and oxygen atoms in total. The van der Waals surface area contributed by atoms with E-state index < -0.39 is 5.97 Å². The Morgan fingerprint density at radius 3 is 2.67 bits per heavy atom. The second-order valence-corrected chi connectivity index (χ2v) is 5.87. The van der Waals surface area contributed by atoms with Gasteiger partial charge >= 0.3 is 5.97 Å². The number of benzene rings is 1. The van der Waals surface area contributed by atoms with Crippen LogP contribution in [0.25, 0.3) is 11.3 Å². The van der Waals surface area contributed by atoms with Crippen LogP contribution in [0.15, 0.2) is 30.3 Å². The quantitative estimate of drug-likeness (QED) is 0.604. The average Bonchev–Trinajstić information content (AvgIpc) is 3.03. The molecule has 2 aromatic rings. The Bertz CT molecular complexity index is 700. The summed E-state index contributed by atoms with van der Waals surface area (Å²) in [4.78, 5) is 22.4. The number of hydrogen-bond acceptors (Lipinski definition) is 3. The van der Waals surface area contributed by atoms with Crippen LogP contribution in [0.5, 0.6) is 0 Å². The van der Waals surface area contributed by atoms with Crippen molar-refractivity contribution in [3.63, 3.8) is 0 Å². The van der Waals surface area contributed by atoms with E-state index in [9.17, 15) is 9.59 Å². The monoisotopic (exact) mass is 349 g/mol. The molecule has 0 unspecified atom stereocenters. The lowest BCUT2D eigenvalue weighted by Gasteiger charge is -2.03. The molecule has 2 rings (SSSR count). The van der Waals surface area contributed by atoms with Crippen LogP contribution in [0.4, 0.5) is 0 Å². The maximum absolute atomic E-state index is 12.1. The molecule has 0 aliphatic heterocycles. The van der Waals surface area contributed by atoms with Crippen molar-refractivity contribution >= 4 is 23.5 Å². The zero-order valence-corrected chi connectivity index (χ0v) is 14.0. The molecule has 3 N–H and O–H groups in total. The number of aromatic nitrogens is 2. The predicted molar refractivity (Wildman–Crippen MR) is 92.1 cm³/mol. The van der Waals surface area contributed by atoms with Gasteiger partial charge in [0.05, 0.1) is 10.7 Å². The fourth-order valence-corrected chi connectivity index (χ4v) is 2.53. The van der Waals surface area contributed by atoms with E-state index >= 15 is 0 Å². The molecule has 0 bridgehead atoms. The summed E-state index contributed by atoms with van der Waals surface area (Å²) < 4.78 is 0. The summed E-state index contributed by atoms with van der Waals surface area (Å²) in [5.41, 5.74) is 1.78. The Morgan fingerprint density at radius 2 is 1.92 bits per heavy atom. The summed E-state index contributed by atoms with van der Waals surface area (Å²) in [7, 11) is 0. The van der Waals surface area contributed by atoms with E-state index in [1.54, 1.807) is 12.1 Å². The highest BCUT2D eigenvalue weighted by atomic mass is 35.5. The molecule has 0 fully saturated rings. The standard InChI is InChI=1S/C17H20ClN3O3/c18-13-8-5-4-7-12(13)14-11-15(21-20-14)17(24)19-10-6-2-1-3-9-16(22)23/h4-5,7-8,11H,1-3,6,9-10H2,(H,19,24)(H,20,21)(H,22,23). The molecular weight excluding hydrogens is 330 g/mol. The van der Waals surface area contributed by atoms with Crippen LogP contribution in [0.1, 0.15) is 42.6 Å². The molecule has 0 aliphatic carbocycles. The number of amides is 1. The van der Waals surface area contributed by atoms with Gasteiger partial charge in [0.2, 0.25) is 0 Å². The van der Waals surface area contributed by atoms with E-state index in [-0.39, 0.29) is 12.3 Å². The molecule has 1 aromatic carbocycles. The first-order valence-electron chi connectivity index (χ1n) is 7.88. The van der Waals surface area contributed by atoms with Crippen molar-refractivity contribution in [2.24, 2.45) is 0 Å². The minimum absolute atomic E-state index is 0.200. The van der Waals surface area contributed by atoms with Crippen molar-refractivity contribution < 1.29 is 14.7 Å². The lowest BCUT2D eigenvalue weighted by atomic mass is 10.1. The smallest absolute Gasteiger partial charge is 0.303 e. The topological polar surface area (TPSA) is 95.1 Å². The number of carboxylic acid groups (broad SMARTS) is 1. The number of carbonyl (C=O) groups is 2. The minimum atomic E-state index is -0.767. The summed E-state index contributed by atoms with van der Waals surface area (Å²) >= 11 is 6.12. The first-order chi connectivity index (χ1) is 11.6. The van der Waals surface area contributed by atoms with Gasteiger partial charge in [-0.15, -0.1) is 0 Å². The summed E-state index contributed by atoms with van der Waals surface area (Å²) in [5.74, 6) is -0.983. The molecule has 24 heavy (non-hydrogen) atoms.